The molecule has 0 aliphatic heterocycles. The van der Waals surface area contributed by atoms with Crippen LogP contribution in [-0.4, -0.2) is 43.4 Å². The van der Waals surface area contributed by atoms with E-state index in [-0.39, 0.29) is 5.92 Å². The minimum absolute atomic E-state index is 0.146. The number of hydrogen-bond donors (Lipinski definition) is 1. The average Bonchev–Trinajstić information content (AvgIpc) is 2.45. The lowest BCUT2D eigenvalue weighted by atomic mass is 9.72. The first-order valence-electron chi connectivity index (χ1n) is 7.56. The molecule has 0 unspecified atom stereocenters. The van der Waals surface area contributed by atoms with Gasteiger partial charge < -0.3 is 14.7 Å². The summed E-state index contributed by atoms with van der Waals surface area (Å²) in [5.41, 5.74) is 0.608. The fourth-order valence-corrected chi connectivity index (χ4v) is 3.32. The van der Waals surface area contributed by atoms with E-state index in [1.165, 1.54) is 12.0 Å². The van der Waals surface area contributed by atoms with Crippen LogP contribution in [0.3, 0.4) is 0 Å². The van der Waals surface area contributed by atoms with Gasteiger partial charge in [0.15, 0.2) is 0 Å². The quantitative estimate of drug-likeness (QED) is 0.898. The maximum Gasteiger partial charge on any atom is 0.119 e. The van der Waals surface area contributed by atoms with Crippen molar-refractivity contribution >= 4 is 0 Å². The first-order chi connectivity index (χ1) is 9.55. The van der Waals surface area contributed by atoms with E-state index in [1.807, 2.05) is 12.1 Å². The molecule has 0 bridgehead atoms. The van der Waals surface area contributed by atoms with Gasteiger partial charge in [0.05, 0.1) is 12.7 Å². The van der Waals surface area contributed by atoms with Crippen molar-refractivity contribution < 1.29 is 9.84 Å². The molecule has 1 aromatic rings. The summed E-state index contributed by atoms with van der Waals surface area (Å²) in [6, 6.07) is 8.16. The highest BCUT2D eigenvalue weighted by atomic mass is 16.5. The molecule has 20 heavy (non-hydrogen) atoms. The minimum Gasteiger partial charge on any atom is -0.497 e. The Bertz CT molecular complexity index is 425. The summed E-state index contributed by atoms with van der Waals surface area (Å²) < 4.78 is 5.34. The van der Waals surface area contributed by atoms with Crippen molar-refractivity contribution in [3.05, 3.63) is 29.8 Å². The van der Waals surface area contributed by atoms with Crippen molar-refractivity contribution in [2.75, 3.05) is 27.7 Å². The molecule has 0 amide bonds. The average molecular weight is 277 g/mol. The van der Waals surface area contributed by atoms with Crippen LogP contribution in [-0.2, 0) is 0 Å². The van der Waals surface area contributed by atoms with E-state index in [0.29, 0.717) is 0 Å². The molecular weight excluding hydrogens is 250 g/mol. The van der Waals surface area contributed by atoms with Gasteiger partial charge >= 0.3 is 0 Å². The third kappa shape index (κ3) is 3.53. The van der Waals surface area contributed by atoms with E-state index in [4.69, 9.17) is 4.74 Å². The van der Waals surface area contributed by atoms with Crippen LogP contribution in [0.25, 0.3) is 0 Å². The smallest absolute Gasteiger partial charge is 0.119 e. The monoisotopic (exact) mass is 277 g/mol. The second-order valence-electron chi connectivity index (χ2n) is 6.26. The van der Waals surface area contributed by atoms with Crippen molar-refractivity contribution in [2.24, 2.45) is 0 Å². The van der Waals surface area contributed by atoms with Gasteiger partial charge in [-0.25, -0.2) is 0 Å². The second kappa shape index (κ2) is 6.59. The molecule has 0 spiro atoms. The van der Waals surface area contributed by atoms with E-state index in [0.717, 1.165) is 38.0 Å². The summed E-state index contributed by atoms with van der Waals surface area (Å²) in [7, 11) is 5.83. The van der Waals surface area contributed by atoms with E-state index < -0.39 is 5.60 Å². The Labute approximate surface area is 122 Å². The summed E-state index contributed by atoms with van der Waals surface area (Å²) >= 11 is 0. The number of likely N-dealkylation sites (N-methyl/N-ethyl adjacent to an activating group) is 1. The van der Waals surface area contributed by atoms with Gasteiger partial charge in [0, 0.05) is 12.5 Å². The molecule has 3 heteroatoms. The SMILES string of the molecule is COc1cccc([C@H](CN(C)C)C2(O)CCCCC2)c1. The van der Waals surface area contributed by atoms with Gasteiger partial charge in [0.25, 0.3) is 0 Å². The fraction of sp³-hybridized carbons (Fsp3) is 0.647. The zero-order chi connectivity index (χ0) is 14.6. The van der Waals surface area contributed by atoms with Crippen LogP contribution in [0, 0.1) is 0 Å². The molecule has 1 saturated carbocycles. The Hall–Kier alpha value is -1.06. The molecule has 1 aliphatic carbocycles. The van der Waals surface area contributed by atoms with Gasteiger partial charge in [0.1, 0.15) is 5.75 Å². The normalized spacial score (nSPS) is 19.9. The van der Waals surface area contributed by atoms with Gasteiger partial charge in [-0.3, -0.25) is 0 Å². The lowest BCUT2D eigenvalue weighted by molar-refractivity contribution is -0.0277. The second-order valence-corrected chi connectivity index (χ2v) is 6.26. The Kier molecular flexibility index (Phi) is 5.06. The van der Waals surface area contributed by atoms with Crippen LogP contribution in [0.2, 0.25) is 0 Å². The fourth-order valence-electron chi connectivity index (χ4n) is 3.32. The Morgan fingerprint density at radius 2 is 1.95 bits per heavy atom. The number of aliphatic hydroxyl groups is 1. The van der Waals surface area contributed by atoms with Crippen LogP contribution in [0.1, 0.15) is 43.6 Å². The highest BCUT2D eigenvalue weighted by Gasteiger charge is 2.38. The molecule has 2 rings (SSSR count). The molecule has 0 radical (unpaired) electrons. The third-order valence-electron chi connectivity index (χ3n) is 4.41. The van der Waals surface area contributed by atoms with Crippen molar-refractivity contribution in [3.63, 3.8) is 0 Å². The molecule has 1 N–H and O–H groups in total. The van der Waals surface area contributed by atoms with Gasteiger partial charge in [-0.1, -0.05) is 31.4 Å². The van der Waals surface area contributed by atoms with Gasteiger partial charge in [-0.15, -0.1) is 0 Å². The maximum absolute atomic E-state index is 11.1. The van der Waals surface area contributed by atoms with E-state index >= 15 is 0 Å². The van der Waals surface area contributed by atoms with E-state index in [9.17, 15) is 5.11 Å². The summed E-state index contributed by atoms with van der Waals surface area (Å²) in [4.78, 5) is 2.16. The van der Waals surface area contributed by atoms with E-state index in [2.05, 4.69) is 31.1 Å². The minimum atomic E-state index is -0.575. The third-order valence-corrected chi connectivity index (χ3v) is 4.41. The number of nitrogens with zero attached hydrogens (tertiary/aromatic N) is 1. The molecule has 1 atom stereocenters. The molecule has 3 nitrogen and oxygen atoms in total. The first kappa shape index (κ1) is 15.3. The van der Waals surface area contributed by atoms with Crippen LogP contribution in [0.5, 0.6) is 5.75 Å². The molecule has 0 aromatic heterocycles. The highest BCUT2D eigenvalue weighted by Crippen LogP contribution is 2.40. The van der Waals surface area contributed by atoms with Crippen molar-refractivity contribution in [3.8, 4) is 5.75 Å². The zero-order valence-electron chi connectivity index (χ0n) is 12.9. The van der Waals surface area contributed by atoms with Crippen LogP contribution < -0.4 is 4.74 Å². The Balaban J connectivity index is 2.30. The van der Waals surface area contributed by atoms with Crippen LogP contribution in [0.4, 0.5) is 0 Å². The molecule has 1 aliphatic rings. The summed E-state index contributed by atoms with van der Waals surface area (Å²) in [5, 5.41) is 11.1. The standard InChI is InChI=1S/C17H27NO2/c1-18(2)13-16(17(19)10-5-4-6-11-17)14-8-7-9-15(12-14)20-3/h7-9,12,16,19H,4-6,10-11,13H2,1-3H3/t16-/m0/s1. The largest absolute Gasteiger partial charge is 0.497 e. The van der Waals surface area contributed by atoms with Crippen LogP contribution >= 0.6 is 0 Å². The highest BCUT2D eigenvalue weighted by molar-refractivity contribution is 5.33. The lowest BCUT2D eigenvalue weighted by Crippen LogP contribution is -2.42. The summed E-state index contributed by atoms with van der Waals surface area (Å²) in [6.07, 6.45) is 5.31. The van der Waals surface area contributed by atoms with Gasteiger partial charge in [-0.2, -0.15) is 0 Å². The number of rotatable bonds is 5. The summed E-state index contributed by atoms with van der Waals surface area (Å²) in [6.45, 7) is 0.865. The summed E-state index contributed by atoms with van der Waals surface area (Å²) in [5.74, 6) is 1.01. The van der Waals surface area contributed by atoms with Gasteiger partial charge in [-0.05, 0) is 44.6 Å². The molecule has 0 heterocycles. The molecular formula is C17H27NO2. The lowest BCUT2D eigenvalue weighted by Gasteiger charge is -2.41. The number of benzene rings is 1. The van der Waals surface area contributed by atoms with Crippen molar-refractivity contribution in [2.45, 2.75) is 43.6 Å². The molecule has 1 aromatic carbocycles. The Morgan fingerprint density at radius 3 is 2.55 bits per heavy atom. The number of methoxy groups -OCH3 is 1. The number of hydrogen-bond acceptors (Lipinski definition) is 3. The predicted molar refractivity (Wildman–Crippen MR) is 82.3 cm³/mol. The zero-order valence-corrected chi connectivity index (χ0v) is 12.9. The topological polar surface area (TPSA) is 32.7 Å². The first-order valence-corrected chi connectivity index (χ1v) is 7.56. The van der Waals surface area contributed by atoms with Crippen molar-refractivity contribution in [1.82, 2.24) is 4.90 Å². The molecule has 112 valence electrons. The van der Waals surface area contributed by atoms with Gasteiger partial charge in [0.2, 0.25) is 0 Å². The molecule has 1 fully saturated rings. The van der Waals surface area contributed by atoms with Crippen LogP contribution in [0.15, 0.2) is 24.3 Å². The molecule has 0 saturated heterocycles. The number of ether oxygens (including phenoxy) is 1. The van der Waals surface area contributed by atoms with Crippen molar-refractivity contribution in [1.29, 1.82) is 0 Å². The van der Waals surface area contributed by atoms with E-state index in [1.54, 1.807) is 7.11 Å². The maximum atomic E-state index is 11.1. The predicted octanol–water partition coefficient (Wildman–Crippen LogP) is 3.04. The Morgan fingerprint density at radius 1 is 1.25 bits per heavy atom.